The summed E-state index contributed by atoms with van der Waals surface area (Å²) in [5, 5.41) is 3.20. The van der Waals surface area contributed by atoms with E-state index in [1.165, 1.54) is 11.6 Å². The number of halogens is 1. The van der Waals surface area contributed by atoms with E-state index in [0.717, 1.165) is 25.1 Å². The topological polar surface area (TPSA) is 12.0 Å². The smallest absolute Gasteiger partial charge is 0.123 e. The van der Waals surface area contributed by atoms with Crippen molar-refractivity contribution in [2.24, 2.45) is 0 Å². The molecule has 1 N–H and O–H groups in total. The molecule has 0 atom stereocenters. The molecule has 0 bridgehead atoms. The summed E-state index contributed by atoms with van der Waals surface area (Å²) >= 11 is 0. The van der Waals surface area contributed by atoms with E-state index in [1.54, 1.807) is 6.07 Å². The number of hydrogen-bond donors (Lipinski definition) is 1. The standard InChI is InChI=1S/C9H10FN/c10-9-2-1-7-3-4-11-6-8(7)5-9/h1-2,5,11H,3-4,6H2. The highest BCUT2D eigenvalue weighted by molar-refractivity contribution is 5.29. The summed E-state index contributed by atoms with van der Waals surface area (Å²) in [5.41, 5.74) is 2.39. The Morgan fingerprint density at radius 1 is 1.27 bits per heavy atom. The lowest BCUT2D eigenvalue weighted by Gasteiger charge is -2.16. The van der Waals surface area contributed by atoms with Gasteiger partial charge < -0.3 is 5.32 Å². The van der Waals surface area contributed by atoms with Crippen molar-refractivity contribution < 1.29 is 4.39 Å². The third-order valence-electron chi connectivity index (χ3n) is 2.05. The zero-order valence-corrected chi connectivity index (χ0v) is 6.23. The number of rotatable bonds is 0. The summed E-state index contributed by atoms with van der Waals surface area (Å²) in [7, 11) is 0. The third-order valence-corrected chi connectivity index (χ3v) is 2.05. The summed E-state index contributed by atoms with van der Waals surface area (Å²) in [6.45, 7) is 1.83. The van der Waals surface area contributed by atoms with Crippen LogP contribution in [0, 0.1) is 5.82 Å². The molecule has 1 heterocycles. The lowest BCUT2D eigenvalue weighted by atomic mass is 10.0. The molecule has 0 unspecified atom stereocenters. The van der Waals surface area contributed by atoms with Crippen molar-refractivity contribution in [2.75, 3.05) is 6.54 Å². The number of nitrogens with one attached hydrogen (secondary N) is 1. The van der Waals surface area contributed by atoms with E-state index >= 15 is 0 Å². The maximum Gasteiger partial charge on any atom is 0.123 e. The van der Waals surface area contributed by atoms with Crippen molar-refractivity contribution in [3.05, 3.63) is 35.1 Å². The molecule has 0 radical (unpaired) electrons. The molecule has 1 aromatic rings. The lowest BCUT2D eigenvalue weighted by Crippen LogP contribution is -2.23. The summed E-state index contributed by atoms with van der Waals surface area (Å²) in [6.07, 6.45) is 1.02. The first kappa shape index (κ1) is 6.80. The first-order valence-corrected chi connectivity index (χ1v) is 3.84. The Morgan fingerprint density at radius 3 is 3.09 bits per heavy atom. The van der Waals surface area contributed by atoms with Gasteiger partial charge in [0.25, 0.3) is 0 Å². The van der Waals surface area contributed by atoms with Crippen LogP contribution in [0.2, 0.25) is 0 Å². The van der Waals surface area contributed by atoms with Gasteiger partial charge in [-0.1, -0.05) is 6.07 Å². The van der Waals surface area contributed by atoms with Crippen LogP contribution in [0.4, 0.5) is 4.39 Å². The number of benzene rings is 1. The molecule has 2 heteroatoms. The molecule has 0 saturated carbocycles. The van der Waals surface area contributed by atoms with Gasteiger partial charge in [-0.15, -0.1) is 0 Å². The van der Waals surface area contributed by atoms with Crippen LogP contribution in [0.5, 0.6) is 0 Å². The molecule has 1 aliphatic heterocycles. The van der Waals surface area contributed by atoms with E-state index in [2.05, 4.69) is 5.32 Å². The van der Waals surface area contributed by atoms with Crippen LogP contribution in [-0.2, 0) is 13.0 Å². The van der Waals surface area contributed by atoms with E-state index in [9.17, 15) is 4.39 Å². The van der Waals surface area contributed by atoms with Crippen molar-refractivity contribution in [1.82, 2.24) is 5.32 Å². The van der Waals surface area contributed by atoms with Gasteiger partial charge in [0, 0.05) is 6.54 Å². The van der Waals surface area contributed by atoms with Gasteiger partial charge >= 0.3 is 0 Å². The molecule has 0 spiro atoms. The van der Waals surface area contributed by atoms with Crippen LogP contribution in [0.3, 0.4) is 0 Å². The molecule has 58 valence electrons. The third kappa shape index (κ3) is 1.26. The fourth-order valence-electron chi connectivity index (χ4n) is 1.45. The summed E-state index contributed by atoms with van der Waals surface area (Å²) in [5.74, 6) is -0.132. The first-order chi connectivity index (χ1) is 5.36. The Bertz CT molecular complexity index is 270. The fraction of sp³-hybridized carbons (Fsp3) is 0.333. The minimum Gasteiger partial charge on any atom is -0.312 e. The Labute approximate surface area is 65.2 Å². The number of hydrogen-bond acceptors (Lipinski definition) is 1. The van der Waals surface area contributed by atoms with Gasteiger partial charge in [0.1, 0.15) is 5.82 Å². The van der Waals surface area contributed by atoms with Gasteiger partial charge in [0.2, 0.25) is 0 Å². The summed E-state index contributed by atoms with van der Waals surface area (Å²) < 4.78 is 12.7. The normalized spacial score (nSPS) is 16.1. The second-order valence-corrected chi connectivity index (χ2v) is 2.84. The van der Waals surface area contributed by atoms with E-state index < -0.39 is 0 Å². The molecule has 0 amide bonds. The van der Waals surface area contributed by atoms with Crippen LogP contribution >= 0.6 is 0 Å². The molecule has 1 aromatic carbocycles. The molecule has 0 fully saturated rings. The highest BCUT2D eigenvalue weighted by atomic mass is 19.1. The van der Waals surface area contributed by atoms with Gasteiger partial charge in [-0.3, -0.25) is 0 Å². The van der Waals surface area contributed by atoms with Crippen LogP contribution in [0.25, 0.3) is 0 Å². The molecular weight excluding hydrogens is 141 g/mol. The summed E-state index contributed by atoms with van der Waals surface area (Å²) in [4.78, 5) is 0. The SMILES string of the molecule is Fc1ccc2c(c1)CNCC2. The Morgan fingerprint density at radius 2 is 2.18 bits per heavy atom. The van der Waals surface area contributed by atoms with Gasteiger partial charge in [-0.25, -0.2) is 4.39 Å². The first-order valence-electron chi connectivity index (χ1n) is 3.84. The summed E-state index contributed by atoms with van der Waals surface area (Å²) in [6, 6.07) is 5.02. The Balaban J connectivity index is 2.43. The molecule has 1 aliphatic rings. The van der Waals surface area contributed by atoms with E-state index in [0.29, 0.717) is 0 Å². The maximum absolute atomic E-state index is 12.7. The van der Waals surface area contributed by atoms with Gasteiger partial charge in [0.05, 0.1) is 0 Å². The van der Waals surface area contributed by atoms with Crippen molar-refractivity contribution in [1.29, 1.82) is 0 Å². The predicted octanol–water partition coefficient (Wildman–Crippen LogP) is 1.47. The zero-order chi connectivity index (χ0) is 7.68. The minimum absolute atomic E-state index is 0.132. The second-order valence-electron chi connectivity index (χ2n) is 2.84. The number of fused-ring (bicyclic) bond motifs is 1. The van der Waals surface area contributed by atoms with Crippen molar-refractivity contribution in [3.8, 4) is 0 Å². The lowest BCUT2D eigenvalue weighted by molar-refractivity contribution is 0.604. The second kappa shape index (κ2) is 2.62. The molecule has 0 aromatic heterocycles. The van der Waals surface area contributed by atoms with Crippen molar-refractivity contribution in [2.45, 2.75) is 13.0 Å². The fourth-order valence-corrected chi connectivity index (χ4v) is 1.45. The van der Waals surface area contributed by atoms with Crippen LogP contribution in [0.15, 0.2) is 18.2 Å². The molecular formula is C9H10FN. The maximum atomic E-state index is 12.7. The van der Waals surface area contributed by atoms with Crippen molar-refractivity contribution >= 4 is 0 Å². The Kier molecular flexibility index (Phi) is 1.62. The Hall–Kier alpha value is -0.890. The largest absolute Gasteiger partial charge is 0.312 e. The zero-order valence-electron chi connectivity index (χ0n) is 6.23. The van der Waals surface area contributed by atoms with Crippen LogP contribution in [-0.4, -0.2) is 6.54 Å². The molecule has 2 rings (SSSR count). The average Bonchev–Trinajstić information content (AvgIpc) is 2.04. The predicted molar refractivity (Wildman–Crippen MR) is 41.8 cm³/mol. The van der Waals surface area contributed by atoms with E-state index in [4.69, 9.17) is 0 Å². The van der Waals surface area contributed by atoms with Crippen LogP contribution < -0.4 is 5.32 Å². The van der Waals surface area contributed by atoms with Crippen LogP contribution in [0.1, 0.15) is 11.1 Å². The van der Waals surface area contributed by atoms with E-state index in [-0.39, 0.29) is 5.82 Å². The van der Waals surface area contributed by atoms with Gasteiger partial charge in [-0.05, 0) is 36.2 Å². The van der Waals surface area contributed by atoms with E-state index in [1.807, 2.05) is 6.07 Å². The minimum atomic E-state index is -0.132. The molecule has 1 nitrogen and oxygen atoms in total. The monoisotopic (exact) mass is 151 g/mol. The highest BCUT2D eigenvalue weighted by Crippen LogP contribution is 2.14. The highest BCUT2D eigenvalue weighted by Gasteiger charge is 2.07. The molecule has 0 aliphatic carbocycles. The average molecular weight is 151 g/mol. The quantitative estimate of drug-likeness (QED) is 0.592. The van der Waals surface area contributed by atoms with Crippen molar-refractivity contribution in [3.63, 3.8) is 0 Å². The van der Waals surface area contributed by atoms with Gasteiger partial charge in [-0.2, -0.15) is 0 Å². The van der Waals surface area contributed by atoms with Gasteiger partial charge in [0.15, 0.2) is 0 Å². The molecule has 0 saturated heterocycles. The molecule has 11 heavy (non-hydrogen) atoms.